The normalized spacial score (nSPS) is 10.6. The number of furan rings is 1. The molecule has 84 valence electrons. The van der Waals surface area contributed by atoms with Gasteiger partial charge in [-0.1, -0.05) is 18.2 Å². The number of benzene rings is 1. The zero-order valence-electron chi connectivity index (χ0n) is 9.01. The molecule has 0 atom stereocenters. The van der Waals surface area contributed by atoms with Crippen LogP contribution in [0.3, 0.4) is 0 Å². The van der Waals surface area contributed by atoms with E-state index in [1.807, 2.05) is 24.3 Å². The summed E-state index contributed by atoms with van der Waals surface area (Å²) >= 11 is 0. The molecule has 0 aliphatic heterocycles. The van der Waals surface area contributed by atoms with Crippen molar-refractivity contribution in [3.05, 3.63) is 36.1 Å². The van der Waals surface area contributed by atoms with Gasteiger partial charge in [-0.2, -0.15) is 0 Å². The smallest absolute Gasteiger partial charge is 0.248 e. The summed E-state index contributed by atoms with van der Waals surface area (Å²) in [5.41, 5.74) is 1.75. The van der Waals surface area contributed by atoms with Crippen molar-refractivity contribution in [2.45, 2.75) is 6.54 Å². The van der Waals surface area contributed by atoms with E-state index in [9.17, 15) is 4.79 Å². The van der Waals surface area contributed by atoms with Gasteiger partial charge in [0.2, 0.25) is 5.91 Å². The van der Waals surface area contributed by atoms with Gasteiger partial charge in [-0.15, -0.1) is 0 Å². The van der Waals surface area contributed by atoms with Crippen LogP contribution in [0.5, 0.6) is 0 Å². The number of aliphatic hydroxyl groups is 1. The third-order valence-corrected chi connectivity index (χ3v) is 2.53. The van der Waals surface area contributed by atoms with Crippen molar-refractivity contribution in [3.8, 4) is 0 Å². The van der Waals surface area contributed by atoms with Crippen LogP contribution >= 0.6 is 0 Å². The second kappa shape index (κ2) is 4.37. The Morgan fingerprint density at radius 3 is 2.94 bits per heavy atom. The van der Waals surface area contributed by atoms with E-state index in [0.717, 1.165) is 16.5 Å². The van der Waals surface area contributed by atoms with Crippen LogP contribution in [0.4, 0.5) is 0 Å². The summed E-state index contributed by atoms with van der Waals surface area (Å²) in [6, 6.07) is 7.66. The minimum Gasteiger partial charge on any atom is -0.464 e. The Kier molecular flexibility index (Phi) is 2.92. The van der Waals surface area contributed by atoms with Crippen LogP contribution in [-0.4, -0.2) is 29.6 Å². The van der Waals surface area contributed by atoms with Crippen molar-refractivity contribution in [3.63, 3.8) is 0 Å². The summed E-state index contributed by atoms with van der Waals surface area (Å²) in [5, 5.41) is 9.73. The molecule has 0 fully saturated rings. The zero-order chi connectivity index (χ0) is 11.5. The minimum absolute atomic E-state index is 0.301. The number of hydrogen-bond acceptors (Lipinski definition) is 3. The average Bonchev–Trinajstić information content (AvgIpc) is 2.72. The molecule has 0 spiro atoms. The molecule has 4 nitrogen and oxygen atoms in total. The molecule has 1 aromatic heterocycles. The molecule has 1 heterocycles. The summed E-state index contributed by atoms with van der Waals surface area (Å²) in [6.45, 7) is -0.0251. The number of carbonyl (C=O) groups excluding carboxylic acids is 1. The van der Waals surface area contributed by atoms with Crippen LogP contribution in [0.2, 0.25) is 0 Å². The standard InChI is InChI=1S/C12H13NO3/c1-13(12(15)7-14)6-9-8-16-11-5-3-2-4-10(9)11/h2-5,8,14H,6-7H2,1H3. The van der Waals surface area contributed by atoms with E-state index in [0.29, 0.717) is 6.54 Å². The molecule has 0 saturated heterocycles. The minimum atomic E-state index is -0.466. The second-order valence-electron chi connectivity index (χ2n) is 3.67. The molecule has 0 aliphatic carbocycles. The van der Waals surface area contributed by atoms with Gasteiger partial charge in [0.25, 0.3) is 0 Å². The van der Waals surface area contributed by atoms with Crippen LogP contribution in [-0.2, 0) is 11.3 Å². The predicted octanol–water partition coefficient (Wildman–Crippen LogP) is 1.38. The fourth-order valence-corrected chi connectivity index (χ4v) is 1.62. The van der Waals surface area contributed by atoms with Crippen LogP contribution in [0, 0.1) is 0 Å². The van der Waals surface area contributed by atoms with E-state index >= 15 is 0 Å². The Hall–Kier alpha value is -1.81. The van der Waals surface area contributed by atoms with Crippen LogP contribution in [0.25, 0.3) is 11.0 Å². The van der Waals surface area contributed by atoms with Gasteiger partial charge in [-0.3, -0.25) is 4.79 Å². The molecule has 0 radical (unpaired) electrons. The number of aliphatic hydroxyl groups excluding tert-OH is 1. The van der Waals surface area contributed by atoms with E-state index in [1.54, 1.807) is 13.3 Å². The van der Waals surface area contributed by atoms with Crippen molar-refractivity contribution in [2.24, 2.45) is 0 Å². The van der Waals surface area contributed by atoms with Crippen molar-refractivity contribution < 1.29 is 14.3 Å². The van der Waals surface area contributed by atoms with Crippen molar-refractivity contribution in [2.75, 3.05) is 13.7 Å². The third-order valence-electron chi connectivity index (χ3n) is 2.53. The summed E-state index contributed by atoms with van der Waals surface area (Å²) in [6.07, 6.45) is 1.64. The zero-order valence-corrected chi connectivity index (χ0v) is 9.01. The Bertz CT molecular complexity index is 504. The highest BCUT2D eigenvalue weighted by Gasteiger charge is 2.11. The lowest BCUT2D eigenvalue weighted by atomic mass is 10.2. The number of carbonyl (C=O) groups is 1. The van der Waals surface area contributed by atoms with Crippen molar-refractivity contribution in [1.82, 2.24) is 4.90 Å². The molecular formula is C12H13NO3. The molecule has 0 aliphatic rings. The van der Waals surface area contributed by atoms with Gasteiger partial charge in [0, 0.05) is 24.5 Å². The van der Waals surface area contributed by atoms with Crippen LogP contribution in [0.1, 0.15) is 5.56 Å². The molecule has 0 bridgehead atoms. The first kappa shape index (κ1) is 10.7. The Morgan fingerprint density at radius 1 is 1.44 bits per heavy atom. The molecule has 4 heteroatoms. The summed E-state index contributed by atoms with van der Waals surface area (Å²) in [7, 11) is 1.65. The van der Waals surface area contributed by atoms with Gasteiger partial charge in [0.15, 0.2) is 0 Å². The second-order valence-corrected chi connectivity index (χ2v) is 3.67. The number of hydrogen-bond donors (Lipinski definition) is 1. The SMILES string of the molecule is CN(Cc1coc2ccccc12)C(=O)CO. The first-order chi connectivity index (χ1) is 7.72. The highest BCUT2D eigenvalue weighted by atomic mass is 16.3. The predicted molar refractivity (Wildman–Crippen MR) is 59.8 cm³/mol. The maximum Gasteiger partial charge on any atom is 0.248 e. The van der Waals surface area contributed by atoms with Crippen molar-refractivity contribution >= 4 is 16.9 Å². The van der Waals surface area contributed by atoms with Gasteiger partial charge in [0.05, 0.1) is 6.26 Å². The van der Waals surface area contributed by atoms with Gasteiger partial charge in [-0.05, 0) is 6.07 Å². The van der Waals surface area contributed by atoms with Gasteiger partial charge < -0.3 is 14.4 Å². The Morgan fingerprint density at radius 2 is 2.19 bits per heavy atom. The molecule has 16 heavy (non-hydrogen) atoms. The number of likely N-dealkylation sites (N-methyl/N-ethyl adjacent to an activating group) is 1. The largest absolute Gasteiger partial charge is 0.464 e. The monoisotopic (exact) mass is 219 g/mol. The number of fused-ring (bicyclic) bond motifs is 1. The highest BCUT2D eigenvalue weighted by molar-refractivity contribution is 5.82. The molecule has 1 aromatic carbocycles. The number of nitrogens with zero attached hydrogens (tertiary/aromatic N) is 1. The van der Waals surface area contributed by atoms with E-state index in [2.05, 4.69) is 0 Å². The average molecular weight is 219 g/mol. The Balaban J connectivity index is 2.24. The maximum absolute atomic E-state index is 11.2. The number of rotatable bonds is 3. The highest BCUT2D eigenvalue weighted by Crippen LogP contribution is 2.21. The molecule has 1 N–H and O–H groups in total. The first-order valence-electron chi connectivity index (χ1n) is 5.02. The lowest BCUT2D eigenvalue weighted by Gasteiger charge is -2.14. The summed E-state index contributed by atoms with van der Waals surface area (Å²) < 4.78 is 5.36. The van der Waals surface area contributed by atoms with Gasteiger partial charge in [0.1, 0.15) is 12.2 Å². The summed E-state index contributed by atoms with van der Waals surface area (Å²) in [5.74, 6) is -0.301. The topological polar surface area (TPSA) is 53.7 Å². The van der Waals surface area contributed by atoms with Gasteiger partial charge in [-0.25, -0.2) is 0 Å². The first-order valence-corrected chi connectivity index (χ1v) is 5.02. The van der Waals surface area contributed by atoms with Crippen molar-refractivity contribution in [1.29, 1.82) is 0 Å². The molecule has 0 saturated carbocycles. The lowest BCUT2D eigenvalue weighted by Crippen LogP contribution is -2.28. The number of para-hydroxylation sites is 1. The van der Waals surface area contributed by atoms with E-state index < -0.39 is 6.61 Å². The fraction of sp³-hybridized carbons (Fsp3) is 0.250. The fourth-order valence-electron chi connectivity index (χ4n) is 1.62. The quantitative estimate of drug-likeness (QED) is 0.848. The number of amides is 1. The third kappa shape index (κ3) is 1.92. The molecule has 1 amide bonds. The molecular weight excluding hydrogens is 206 g/mol. The molecule has 0 unspecified atom stereocenters. The van der Waals surface area contributed by atoms with E-state index in [-0.39, 0.29) is 5.91 Å². The van der Waals surface area contributed by atoms with E-state index in [4.69, 9.17) is 9.52 Å². The summed E-state index contributed by atoms with van der Waals surface area (Å²) in [4.78, 5) is 12.7. The molecule has 2 rings (SSSR count). The lowest BCUT2D eigenvalue weighted by molar-refractivity contribution is -0.133. The Labute approximate surface area is 93.1 Å². The van der Waals surface area contributed by atoms with Crippen LogP contribution < -0.4 is 0 Å². The maximum atomic E-state index is 11.2. The van der Waals surface area contributed by atoms with Crippen LogP contribution in [0.15, 0.2) is 34.9 Å². The van der Waals surface area contributed by atoms with Gasteiger partial charge >= 0.3 is 0 Å². The van der Waals surface area contributed by atoms with E-state index in [1.165, 1.54) is 4.90 Å². The molecule has 2 aromatic rings.